The molecule has 0 spiro atoms. The predicted molar refractivity (Wildman–Crippen MR) is 166 cm³/mol. The Bertz CT molecular complexity index is 1380. The molecule has 3 aromatic rings. The van der Waals surface area contributed by atoms with Gasteiger partial charge >= 0.3 is 0 Å². The van der Waals surface area contributed by atoms with Crippen molar-refractivity contribution >= 4 is 5.57 Å². The maximum Gasteiger partial charge on any atom is 0.167 e. The van der Waals surface area contributed by atoms with Crippen LogP contribution < -0.4 is 0 Å². The van der Waals surface area contributed by atoms with Crippen LogP contribution in [0.15, 0.2) is 54.6 Å². The molecular formula is C38H44F4. The molecule has 4 heteroatoms. The summed E-state index contributed by atoms with van der Waals surface area (Å²) in [4.78, 5) is 0. The molecule has 1 unspecified atom stereocenters. The van der Waals surface area contributed by atoms with Crippen molar-refractivity contribution < 1.29 is 17.6 Å². The van der Waals surface area contributed by atoms with Crippen molar-refractivity contribution in [2.24, 2.45) is 17.8 Å². The monoisotopic (exact) mass is 576 g/mol. The molecule has 5 rings (SSSR count). The number of hydrogen-bond donors (Lipinski definition) is 0. The van der Waals surface area contributed by atoms with Crippen LogP contribution >= 0.6 is 0 Å². The van der Waals surface area contributed by atoms with Crippen LogP contribution in [0.3, 0.4) is 0 Å². The fraction of sp³-hybridized carbons (Fsp3) is 0.474. The summed E-state index contributed by atoms with van der Waals surface area (Å²) in [7, 11) is 0. The van der Waals surface area contributed by atoms with Gasteiger partial charge in [-0.2, -0.15) is 0 Å². The zero-order valence-corrected chi connectivity index (χ0v) is 25.1. The van der Waals surface area contributed by atoms with Crippen LogP contribution in [-0.4, -0.2) is 0 Å². The number of rotatable bonds is 10. The van der Waals surface area contributed by atoms with Gasteiger partial charge in [-0.1, -0.05) is 113 Å². The standard InChI is InChI=1S/C38H44F4/c1-3-5-6-8-25-9-11-26(12-10-25)27-13-15-28(16-14-27)33-23-24-34(38(42)37(33)41)30-19-17-29(18-20-30)32-22-21-31(7-4-2)35(39)36(32)40/h15,17-27H,3-14,16H2,1-2H3. The van der Waals surface area contributed by atoms with E-state index in [2.05, 4.69) is 13.0 Å². The highest BCUT2D eigenvalue weighted by atomic mass is 19.2. The number of allylic oxidation sites excluding steroid dienone is 2. The van der Waals surface area contributed by atoms with Crippen LogP contribution in [0.5, 0.6) is 0 Å². The van der Waals surface area contributed by atoms with E-state index in [1.165, 1.54) is 51.4 Å². The Hall–Kier alpha value is -2.88. The van der Waals surface area contributed by atoms with Gasteiger partial charge in [-0.25, -0.2) is 17.6 Å². The molecular weight excluding hydrogens is 532 g/mol. The van der Waals surface area contributed by atoms with Gasteiger partial charge in [0.1, 0.15) is 0 Å². The van der Waals surface area contributed by atoms with E-state index >= 15 is 8.78 Å². The molecule has 3 aromatic carbocycles. The molecule has 0 bridgehead atoms. The number of halogens is 4. The second kappa shape index (κ2) is 14.1. The molecule has 0 amide bonds. The quantitative estimate of drug-likeness (QED) is 0.166. The third-order valence-electron chi connectivity index (χ3n) is 9.84. The average Bonchev–Trinajstić information content (AvgIpc) is 3.02. The lowest BCUT2D eigenvalue weighted by atomic mass is 9.70. The summed E-state index contributed by atoms with van der Waals surface area (Å²) in [5.74, 6) is -1.08. The van der Waals surface area contributed by atoms with Gasteiger partial charge in [0, 0.05) is 16.7 Å². The SMILES string of the molecule is CCCCCC1CCC(C2CC=C(c3ccc(-c4ccc(-c5ccc(CCC)c(F)c5F)cc4)c(F)c3F)CC2)CC1. The van der Waals surface area contributed by atoms with Gasteiger partial charge in [0.15, 0.2) is 23.3 Å². The molecule has 0 nitrogen and oxygen atoms in total. The van der Waals surface area contributed by atoms with Crippen molar-refractivity contribution in [3.63, 3.8) is 0 Å². The number of unbranched alkanes of at least 4 members (excludes halogenated alkanes) is 2. The van der Waals surface area contributed by atoms with Crippen molar-refractivity contribution in [3.05, 3.63) is 89.0 Å². The fourth-order valence-electron chi connectivity index (χ4n) is 7.28. The van der Waals surface area contributed by atoms with Gasteiger partial charge in [-0.15, -0.1) is 0 Å². The van der Waals surface area contributed by atoms with Crippen LogP contribution in [0, 0.1) is 41.0 Å². The highest BCUT2D eigenvalue weighted by Crippen LogP contribution is 2.43. The molecule has 0 aliphatic heterocycles. The molecule has 0 N–H and O–H groups in total. The Labute approximate surface area is 249 Å². The predicted octanol–water partition coefficient (Wildman–Crippen LogP) is 12.1. The lowest BCUT2D eigenvalue weighted by Gasteiger charge is -2.35. The summed E-state index contributed by atoms with van der Waals surface area (Å²) in [6.45, 7) is 4.18. The maximum atomic E-state index is 15.4. The third-order valence-corrected chi connectivity index (χ3v) is 9.84. The van der Waals surface area contributed by atoms with Crippen LogP contribution in [-0.2, 0) is 6.42 Å². The molecule has 1 saturated carbocycles. The van der Waals surface area contributed by atoms with Gasteiger partial charge in [-0.05, 0) is 78.5 Å². The summed E-state index contributed by atoms with van der Waals surface area (Å²) in [5, 5.41) is 0. The Kier molecular flexibility index (Phi) is 10.2. The van der Waals surface area contributed by atoms with Crippen LogP contribution in [0.2, 0.25) is 0 Å². The van der Waals surface area contributed by atoms with Gasteiger partial charge < -0.3 is 0 Å². The Morgan fingerprint density at radius 1 is 0.595 bits per heavy atom. The van der Waals surface area contributed by atoms with Crippen LogP contribution in [0.25, 0.3) is 27.8 Å². The van der Waals surface area contributed by atoms with Crippen molar-refractivity contribution in [2.75, 3.05) is 0 Å². The molecule has 2 aliphatic rings. The van der Waals surface area contributed by atoms with Gasteiger partial charge in [0.25, 0.3) is 0 Å². The molecule has 0 saturated heterocycles. The van der Waals surface area contributed by atoms with Crippen LogP contribution in [0.4, 0.5) is 17.6 Å². The van der Waals surface area contributed by atoms with Gasteiger partial charge in [-0.3, -0.25) is 0 Å². The lowest BCUT2D eigenvalue weighted by molar-refractivity contribution is 0.187. The van der Waals surface area contributed by atoms with Crippen molar-refractivity contribution in [1.29, 1.82) is 0 Å². The molecule has 0 aromatic heterocycles. The average molecular weight is 577 g/mol. The smallest absolute Gasteiger partial charge is 0.167 e. The molecule has 1 fully saturated rings. The second-order valence-electron chi connectivity index (χ2n) is 12.6. The summed E-state index contributed by atoms with van der Waals surface area (Å²) in [5.41, 5.74) is 2.92. The summed E-state index contributed by atoms with van der Waals surface area (Å²) in [6, 6.07) is 13.0. The molecule has 1 atom stereocenters. The zero-order chi connectivity index (χ0) is 29.6. The fourth-order valence-corrected chi connectivity index (χ4v) is 7.28. The Morgan fingerprint density at radius 3 is 1.79 bits per heavy atom. The lowest BCUT2D eigenvalue weighted by Crippen LogP contribution is -2.23. The maximum absolute atomic E-state index is 15.4. The van der Waals surface area contributed by atoms with Crippen LogP contribution in [0.1, 0.15) is 102 Å². The Morgan fingerprint density at radius 2 is 1.19 bits per heavy atom. The minimum absolute atomic E-state index is 0.156. The van der Waals surface area contributed by atoms with E-state index in [0.717, 1.165) is 43.1 Å². The third kappa shape index (κ3) is 6.68. The number of hydrogen-bond acceptors (Lipinski definition) is 0. The van der Waals surface area contributed by atoms with Crippen molar-refractivity contribution in [2.45, 2.75) is 97.3 Å². The first kappa shape index (κ1) is 30.6. The first-order valence-electron chi connectivity index (χ1n) is 16.2. The molecule has 0 heterocycles. The van der Waals surface area contributed by atoms with Crippen molar-refractivity contribution in [1.82, 2.24) is 0 Å². The second-order valence-corrected chi connectivity index (χ2v) is 12.6. The topological polar surface area (TPSA) is 0 Å². The van der Waals surface area contributed by atoms with E-state index < -0.39 is 23.3 Å². The normalized spacial score (nSPS) is 20.9. The summed E-state index contributed by atoms with van der Waals surface area (Å²) in [6.07, 6.45) is 16.8. The largest absolute Gasteiger partial charge is 0.203 e. The highest BCUT2D eigenvalue weighted by molar-refractivity contribution is 5.74. The number of benzene rings is 3. The summed E-state index contributed by atoms with van der Waals surface area (Å²) < 4.78 is 60.0. The van der Waals surface area contributed by atoms with Gasteiger partial charge in [0.05, 0.1) is 0 Å². The molecule has 2 aliphatic carbocycles. The minimum Gasteiger partial charge on any atom is -0.203 e. The zero-order valence-electron chi connectivity index (χ0n) is 25.1. The molecule has 0 radical (unpaired) electrons. The minimum atomic E-state index is -0.881. The number of aryl methyl sites for hydroxylation is 1. The van der Waals surface area contributed by atoms with E-state index in [1.54, 1.807) is 48.5 Å². The Balaban J connectivity index is 1.25. The van der Waals surface area contributed by atoms with E-state index in [9.17, 15) is 8.78 Å². The molecule has 42 heavy (non-hydrogen) atoms. The van der Waals surface area contributed by atoms with E-state index in [0.29, 0.717) is 34.6 Å². The first-order valence-corrected chi connectivity index (χ1v) is 16.2. The van der Waals surface area contributed by atoms with E-state index in [4.69, 9.17) is 0 Å². The summed E-state index contributed by atoms with van der Waals surface area (Å²) >= 11 is 0. The van der Waals surface area contributed by atoms with Gasteiger partial charge in [0.2, 0.25) is 0 Å². The van der Waals surface area contributed by atoms with E-state index in [-0.39, 0.29) is 11.1 Å². The first-order chi connectivity index (χ1) is 20.4. The van der Waals surface area contributed by atoms with Crippen molar-refractivity contribution in [3.8, 4) is 22.3 Å². The van der Waals surface area contributed by atoms with E-state index in [1.807, 2.05) is 6.92 Å². The molecule has 224 valence electrons. The highest BCUT2D eigenvalue weighted by Gasteiger charge is 2.29.